The maximum absolute atomic E-state index is 13.6. The Morgan fingerprint density at radius 1 is 1.12 bits per heavy atom. The fourth-order valence-corrected chi connectivity index (χ4v) is 4.36. The van der Waals surface area contributed by atoms with Crippen molar-refractivity contribution in [2.75, 3.05) is 23.7 Å². The number of carbonyl (C=O) groups excluding carboxylic acids is 2. The first-order valence-corrected chi connectivity index (χ1v) is 13.6. The largest absolute Gasteiger partial charge is 0.354 e. The van der Waals surface area contributed by atoms with Gasteiger partial charge in [-0.15, -0.1) is 0 Å². The average Bonchev–Trinajstić information content (AvgIpc) is 2.76. The Balaban J connectivity index is 2.37. The van der Waals surface area contributed by atoms with Gasteiger partial charge in [0.05, 0.1) is 17.0 Å². The van der Waals surface area contributed by atoms with Crippen LogP contribution in [0, 0.1) is 11.7 Å². The highest BCUT2D eigenvalue weighted by atomic mass is 79.9. The number of anilines is 1. The summed E-state index contributed by atoms with van der Waals surface area (Å²) >= 11 is 9.19. The van der Waals surface area contributed by atoms with Crippen molar-refractivity contribution in [3.63, 3.8) is 0 Å². The number of carbonyl (C=O) groups is 2. The van der Waals surface area contributed by atoms with Gasteiger partial charge in [0.25, 0.3) is 0 Å². The molecule has 1 N–H and O–H groups in total. The summed E-state index contributed by atoms with van der Waals surface area (Å²) in [5, 5.41) is 2.54. The maximum atomic E-state index is 13.6. The number of nitrogens with zero attached hydrogens (tertiary/aromatic N) is 2. The molecule has 7 nitrogen and oxygen atoms in total. The highest BCUT2D eigenvalue weighted by Crippen LogP contribution is 2.25. The first-order chi connectivity index (χ1) is 15.8. The summed E-state index contributed by atoms with van der Waals surface area (Å²) in [5.41, 5.74) is 0.804. The molecule has 1 atom stereocenters. The molecule has 0 radical (unpaired) electrons. The van der Waals surface area contributed by atoms with Crippen LogP contribution in [-0.4, -0.2) is 50.5 Å². The Bertz CT molecular complexity index is 1130. The zero-order valence-electron chi connectivity index (χ0n) is 19.4. The molecule has 0 aliphatic carbocycles. The number of nitrogens with one attached hydrogen (secondary N) is 1. The summed E-state index contributed by atoms with van der Waals surface area (Å²) in [6.45, 7) is 5.43. The molecule has 2 rings (SSSR count). The molecule has 2 aromatic rings. The van der Waals surface area contributed by atoms with Crippen LogP contribution in [0.1, 0.15) is 26.3 Å². The van der Waals surface area contributed by atoms with Crippen LogP contribution < -0.4 is 9.62 Å². The van der Waals surface area contributed by atoms with E-state index < -0.39 is 34.3 Å². The number of amides is 2. The zero-order valence-corrected chi connectivity index (χ0v) is 22.5. The van der Waals surface area contributed by atoms with E-state index in [1.165, 1.54) is 11.0 Å². The van der Waals surface area contributed by atoms with Gasteiger partial charge in [0, 0.05) is 17.6 Å². The summed E-state index contributed by atoms with van der Waals surface area (Å²) in [6.07, 6.45) is 0.940. The van der Waals surface area contributed by atoms with Crippen LogP contribution in [0.25, 0.3) is 0 Å². The van der Waals surface area contributed by atoms with Crippen molar-refractivity contribution >= 4 is 55.1 Å². The molecule has 0 aliphatic heterocycles. The second-order valence-electron chi connectivity index (χ2n) is 8.33. The van der Waals surface area contributed by atoms with Crippen LogP contribution >= 0.6 is 27.5 Å². The van der Waals surface area contributed by atoms with Crippen LogP contribution in [-0.2, 0) is 26.2 Å². The molecule has 0 bridgehead atoms. The number of hydrogen-bond acceptors (Lipinski definition) is 4. The molecule has 0 aromatic heterocycles. The Morgan fingerprint density at radius 3 is 2.26 bits per heavy atom. The van der Waals surface area contributed by atoms with E-state index in [9.17, 15) is 22.4 Å². The topological polar surface area (TPSA) is 86.8 Å². The lowest BCUT2D eigenvalue weighted by Crippen LogP contribution is -2.51. The smallest absolute Gasteiger partial charge is 0.244 e. The molecule has 2 aromatic carbocycles. The van der Waals surface area contributed by atoms with Crippen molar-refractivity contribution in [3.8, 4) is 0 Å². The number of rotatable bonds is 10. The minimum atomic E-state index is -3.92. The summed E-state index contributed by atoms with van der Waals surface area (Å²) in [5.74, 6) is -1.44. The average molecular weight is 577 g/mol. The third-order valence-electron chi connectivity index (χ3n) is 4.99. The van der Waals surface area contributed by atoms with Crippen LogP contribution in [0.5, 0.6) is 0 Å². The molecule has 0 spiro atoms. The van der Waals surface area contributed by atoms with Crippen molar-refractivity contribution in [3.05, 3.63) is 63.3 Å². The predicted octanol–water partition coefficient (Wildman–Crippen LogP) is 4.20. The van der Waals surface area contributed by atoms with Gasteiger partial charge in [0.15, 0.2) is 0 Å². The summed E-state index contributed by atoms with van der Waals surface area (Å²) < 4.78 is 40.3. The molecule has 11 heteroatoms. The van der Waals surface area contributed by atoms with Crippen molar-refractivity contribution in [2.45, 2.75) is 33.4 Å². The van der Waals surface area contributed by atoms with E-state index in [4.69, 9.17) is 11.6 Å². The van der Waals surface area contributed by atoms with E-state index in [-0.39, 0.29) is 29.1 Å². The third-order valence-corrected chi connectivity index (χ3v) is 6.95. The van der Waals surface area contributed by atoms with E-state index in [1.54, 1.807) is 19.1 Å². The van der Waals surface area contributed by atoms with Crippen LogP contribution in [0.4, 0.5) is 10.1 Å². The quantitative estimate of drug-likeness (QED) is 0.459. The Labute approximate surface area is 213 Å². The second-order valence-corrected chi connectivity index (χ2v) is 11.6. The Kier molecular flexibility index (Phi) is 9.90. The van der Waals surface area contributed by atoms with E-state index in [1.807, 2.05) is 26.0 Å². The van der Waals surface area contributed by atoms with Crippen LogP contribution in [0.2, 0.25) is 5.02 Å². The molecule has 0 heterocycles. The molecule has 34 heavy (non-hydrogen) atoms. The van der Waals surface area contributed by atoms with Gasteiger partial charge in [0.1, 0.15) is 18.4 Å². The zero-order chi connectivity index (χ0) is 25.6. The lowest BCUT2D eigenvalue weighted by Gasteiger charge is -2.31. The molecular weight excluding hydrogens is 549 g/mol. The van der Waals surface area contributed by atoms with Gasteiger partial charge in [-0.2, -0.15) is 0 Å². The Hall–Kier alpha value is -2.17. The van der Waals surface area contributed by atoms with Gasteiger partial charge in [-0.05, 0) is 48.7 Å². The summed E-state index contributed by atoms with van der Waals surface area (Å²) in [6, 6.07) is 9.76. The number of hydrogen-bond donors (Lipinski definition) is 1. The van der Waals surface area contributed by atoms with Crippen molar-refractivity contribution < 1.29 is 22.4 Å². The standard InChI is InChI=1S/C23H28BrClFN3O4S/c1-15(2)12-27-23(31)16(3)28(13-17-5-7-18(24)8-6-17)22(30)14-29(34(4,32)33)19-9-10-21(26)20(25)11-19/h5-11,15-16H,12-14H2,1-4H3,(H,27,31). The number of halogens is 3. The minimum absolute atomic E-state index is 0.0442. The first-order valence-electron chi connectivity index (χ1n) is 10.5. The normalized spacial score (nSPS) is 12.4. The summed E-state index contributed by atoms with van der Waals surface area (Å²) in [7, 11) is -3.92. The van der Waals surface area contributed by atoms with Crippen LogP contribution in [0.15, 0.2) is 46.9 Å². The van der Waals surface area contributed by atoms with Gasteiger partial charge in [0.2, 0.25) is 21.8 Å². The molecule has 0 saturated heterocycles. The minimum Gasteiger partial charge on any atom is -0.354 e. The van der Waals surface area contributed by atoms with Gasteiger partial charge < -0.3 is 10.2 Å². The SMILES string of the molecule is CC(C)CNC(=O)C(C)N(Cc1ccc(Br)cc1)C(=O)CN(c1ccc(F)c(Cl)c1)S(C)(=O)=O. The van der Waals surface area contributed by atoms with Crippen LogP contribution in [0.3, 0.4) is 0 Å². The highest BCUT2D eigenvalue weighted by molar-refractivity contribution is 9.10. The molecule has 0 aliphatic rings. The third kappa shape index (κ3) is 7.95. The fraction of sp³-hybridized carbons (Fsp3) is 0.391. The molecule has 1 unspecified atom stereocenters. The monoisotopic (exact) mass is 575 g/mol. The van der Waals surface area contributed by atoms with Gasteiger partial charge in [-0.1, -0.05) is 53.5 Å². The predicted molar refractivity (Wildman–Crippen MR) is 136 cm³/mol. The lowest BCUT2D eigenvalue weighted by molar-refractivity contribution is -0.139. The van der Waals surface area contributed by atoms with E-state index in [2.05, 4.69) is 21.2 Å². The first kappa shape index (κ1) is 28.1. The van der Waals surface area contributed by atoms with Gasteiger partial charge in [-0.3, -0.25) is 13.9 Å². The number of sulfonamides is 1. The molecule has 2 amide bonds. The van der Waals surface area contributed by atoms with E-state index in [0.29, 0.717) is 6.54 Å². The Morgan fingerprint density at radius 2 is 1.74 bits per heavy atom. The highest BCUT2D eigenvalue weighted by Gasteiger charge is 2.30. The van der Waals surface area contributed by atoms with Gasteiger partial charge >= 0.3 is 0 Å². The lowest BCUT2D eigenvalue weighted by atomic mass is 10.1. The molecule has 0 fully saturated rings. The fourth-order valence-electron chi connectivity index (χ4n) is 3.08. The van der Waals surface area contributed by atoms with E-state index >= 15 is 0 Å². The maximum Gasteiger partial charge on any atom is 0.244 e. The molecule has 186 valence electrons. The summed E-state index contributed by atoms with van der Waals surface area (Å²) in [4.78, 5) is 27.5. The molecule has 0 saturated carbocycles. The van der Waals surface area contributed by atoms with Gasteiger partial charge in [-0.25, -0.2) is 12.8 Å². The van der Waals surface area contributed by atoms with Crippen molar-refractivity contribution in [1.29, 1.82) is 0 Å². The molecular formula is C23H28BrClFN3O4S. The second kappa shape index (κ2) is 12.0. The number of benzene rings is 2. The van der Waals surface area contributed by atoms with Crippen molar-refractivity contribution in [1.82, 2.24) is 10.2 Å². The van der Waals surface area contributed by atoms with Crippen molar-refractivity contribution in [2.24, 2.45) is 5.92 Å². The van der Waals surface area contributed by atoms with E-state index in [0.717, 1.165) is 32.7 Å².